The molecule has 0 fully saturated rings. The zero-order valence-corrected chi connectivity index (χ0v) is 15.9. The summed E-state index contributed by atoms with van der Waals surface area (Å²) < 4.78 is 28.4. The van der Waals surface area contributed by atoms with Gasteiger partial charge in [0.25, 0.3) is 0 Å². The van der Waals surface area contributed by atoms with E-state index in [1.165, 1.54) is 36.7 Å². The van der Waals surface area contributed by atoms with E-state index >= 15 is 0 Å². The number of nitrogens with zero attached hydrogens (tertiary/aromatic N) is 2. The number of aromatic nitrogens is 1. The summed E-state index contributed by atoms with van der Waals surface area (Å²) in [5, 5.41) is 0. The summed E-state index contributed by atoms with van der Waals surface area (Å²) in [6, 6.07) is 6.95. The van der Waals surface area contributed by atoms with E-state index in [2.05, 4.69) is 4.98 Å². The van der Waals surface area contributed by atoms with Gasteiger partial charge in [0.05, 0.1) is 12.3 Å². The SMILES string of the molecule is CCCCOC(=O)c1cnccc1N(C)COC(=O)COc1ccc(F)cc1. The summed E-state index contributed by atoms with van der Waals surface area (Å²) in [7, 11) is 1.67. The molecule has 0 bridgehead atoms. The molecule has 0 radical (unpaired) electrons. The van der Waals surface area contributed by atoms with Crippen LogP contribution in [0.2, 0.25) is 0 Å². The van der Waals surface area contributed by atoms with Crippen molar-refractivity contribution in [2.24, 2.45) is 0 Å². The van der Waals surface area contributed by atoms with E-state index in [0.29, 0.717) is 23.6 Å². The average molecular weight is 390 g/mol. The first-order valence-electron chi connectivity index (χ1n) is 8.87. The second-order valence-electron chi connectivity index (χ2n) is 5.97. The van der Waals surface area contributed by atoms with E-state index < -0.39 is 17.8 Å². The lowest BCUT2D eigenvalue weighted by Crippen LogP contribution is -2.27. The van der Waals surface area contributed by atoms with Crippen molar-refractivity contribution < 1.29 is 28.2 Å². The highest BCUT2D eigenvalue weighted by atomic mass is 19.1. The molecule has 0 saturated carbocycles. The highest BCUT2D eigenvalue weighted by molar-refractivity contribution is 5.95. The van der Waals surface area contributed by atoms with Crippen LogP contribution in [0.5, 0.6) is 5.75 Å². The summed E-state index contributed by atoms with van der Waals surface area (Å²) in [5.41, 5.74) is 0.823. The van der Waals surface area contributed by atoms with Gasteiger partial charge in [-0.3, -0.25) is 4.98 Å². The van der Waals surface area contributed by atoms with Gasteiger partial charge in [0, 0.05) is 19.4 Å². The Balaban J connectivity index is 1.86. The minimum Gasteiger partial charge on any atom is -0.482 e. The molecule has 150 valence electrons. The molecule has 8 heteroatoms. The molecule has 0 unspecified atom stereocenters. The van der Waals surface area contributed by atoms with Crippen LogP contribution in [0.1, 0.15) is 30.1 Å². The fourth-order valence-electron chi connectivity index (χ4n) is 2.22. The molecular weight excluding hydrogens is 367 g/mol. The van der Waals surface area contributed by atoms with Crippen molar-refractivity contribution >= 4 is 17.6 Å². The molecule has 0 amide bonds. The molecule has 7 nitrogen and oxygen atoms in total. The molecular formula is C20H23FN2O5. The quantitative estimate of drug-likeness (QED) is 0.350. The molecule has 2 rings (SSSR count). The van der Waals surface area contributed by atoms with Crippen molar-refractivity contribution in [1.82, 2.24) is 4.98 Å². The average Bonchev–Trinajstić information content (AvgIpc) is 2.71. The largest absolute Gasteiger partial charge is 0.482 e. The Kier molecular flexibility index (Phi) is 8.20. The van der Waals surface area contributed by atoms with Crippen molar-refractivity contribution in [1.29, 1.82) is 0 Å². The predicted molar refractivity (Wildman–Crippen MR) is 101 cm³/mol. The van der Waals surface area contributed by atoms with Crippen LogP contribution in [0.15, 0.2) is 42.7 Å². The molecule has 0 saturated heterocycles. The van der Waals surface area contributed by atoms with Gasteiger partial charge in [-0.05, 0) is 36.8 Å². The van der Waals surface area contributed by atoms with Crippen molar-refractivity contribution in [3.8, 4) is 5.75 Å². The Bertz CT molecular complexity index is 782. The Morgan fingerprint density at radius 3 is 2.61 bits per heavy atom. The number of esters is 2. The third kappa shape index (κ3) is 6.53. The standard InChI is InChI=1S/C20H23FN2O5/c1-3-4-11-26-20(25)17-12-22-10-9-18(17)23(2)14-28-19(24)13-27-16-7-5-15(21)6-8-16/h5-10,12H,3-4,11,13-14H2,1-2H3. The summed E-state index contributed by atoms with van der Waals surface area (Å²) in [5.74, 6) is -1.11. The smallest absolute Gasteiger partial charge is 0.345 e. The fraction of sp³-hybridized carbons (Fsp3) is 0.350. The van der Waals surface area contributed by atoms with Crippen LogP contribution in [0.4, 0.5) is 10.1 Å². The molecule has 1 aromatic heterocycles. The third-order valence-electron chi connectivity index (χ3n) is 3.75. The Labute approximate surface area is 163 Å². The van der Waals surface area contributed by atoms with E-state index in [9.17, 15) is 14.0 Å². The van der Waals surface area contributed by atoms with Gasteiger partial charge in [-0.15, -0.1) is 0 Å². The number of benzene rings is 1. The number of rotatable bonds is 10. The number of anilines is 1. The molecule has 0 aliphatic rings. The van der Waals surface area contributed by atoms with Crippen LogP contribution in [0.25, 0.3) is 0 Å². The lowest BCUT2D eigenvalue weighted by molar-refractivity contribution is -0.145. The number of carbonyl (C=O) groups excluding carboxylic acids is 2. The zero-order valence-electron chi connectivity index (χ0n) is 15.9. The number of hydrogen-bond donors (Lipinski definition) is 0. The minimum atomic E-state index is -0.600. The molecule has 0 aliphatic heterocycles. The lowest BCUT2D eigenvalue weighted by Gasteiger charge is -2.21. The number of carbonyl (C=O) groups is 2. The number of pyridine rings is 1. The van der Waals surface area contributed by atoms with Crippen LogP contribution in [-0.2, 0) is 14.3 Å². The molecule has 0 N–H and O–H groups in total. The summed E-state index contributed by atoms with van der Waals surface area (Å²) in [6.45, 7) is 1.93. The zero-order chi connectivity index (χ0) is 20.4. The summed E-state index contributed by atoms with van der Waals surface area (Å²) in [4.78, 5) is 29.6. The number of ether oxygens (including phenoxy) is 3. The maximum Gasteiger partial charge on any atom is 0.345 e. The maximum absolute atomic E-state index is 12.8. The van der Waals surface area contributed by atoms with Gasteiger partial charge < -0.3 is 19.1 Å². The number of unbranched alkanes of at least 4 members (excludes halogenated alkanes) is 1. The monoisotopic (exact) mass is 390 g/mol. The van der Waals surface area contributed by atoms with Crippen LogP contribution >= 0.6 is 0 Å². The molecule has 0 aliphatic carbocycles. The van der Waals surface area contributed by atoms with Gasteiger partial charge in [-0.25, -0.2) is 14.0 Å². The summed E-state index contributed by atoms with van der Waals surface area (Å²) >= 11 is 0. The molecule has 2 aromatic rings. The lowest BCUT2D eigenvalue weighted by atomic mass is 10.2. The van der Waals surface area contributed by atoms with E-state index in [1.54, 1.807) is 18.0 Å². The molecule has 1 heterocycles. The van der Waals surface area contributed by atoms with Crippen molar-refractivity contribution in [2.75, 3.05) is 31.9 Å². The second-order valence-corrected chi connectivity index (χ2v) is 5.97. The van der Waals surface area contributed by atoms with Gasteiger partial charge >= 0.3 is 11.9 Å². The fourth-order valence-corrected chi connectivity index (χ4v) is 2.22. The Morgan fingerprint density at radius 2 is 1.89 bits per heavy atom. The topological polar surface area (TPSA) is 78.0 Å². The van der Waals surface area contributed by atoms with Crippen LogP contribution in [0.3, 0.4) is 0 Å². The minimum absolute atomic E-state index is 0.0924. The predicted octanol–water partition coefficient (Wildman–Crippen LogP) is 3.19. The van der Waals surface area contributed by atoms with E-state index in [1.807, 2.05) is 6.92 Å². The van der Waals surface area contributed by atoms with E-state index in [4.69, 9.17) is 14.2 Å². The normalized spacial score (nSPS) is 10.2. The van der Waals surface area contributed by atoms with Gasteiger partial charge in [0.15, 0.2) is 13.3 Å². The molecule has 0 spiro atoms. The van der Waals surface area contributed by atoms with Gasteiger partial charge in [-0.1, -0.05) is 13.3 Å². The third-order valence-corrected chi connectivity index (χ3v) is 3.75. The van der Waals surface area contributed by atoms with Crippen LogP contribution in [0, 0.1) is 5.82 Å². The number of hydrogen-bond acceptors (Lipinski definition) is 7. The first-order chi connectivity index (χ1) is 13.5. The molecule has 0 atom stereocenters. The second kappa shape index (κ2) is 10.9. The number of halogens is 1. The highest BCUT2D eigenvalue weighted by Gasteiger charge is 2.17. The van der Waals surface area contributed by atoms with Gasteiger partial charge in [-0.2, -0.15) is 0 Å². The molecule has 28 heavy (non-hydrogen) atoms. The van der Waals surface area contributed by atoms with Gasteiger partial charge in [0.2, 0.25) is 0 Å². The van der Waals surface area contributed by atoms with Crippen molar-refractivity contribution in [3.63, 3.8) is 0 Å². The Hall–Kier alpha value is -3.16. The first-order valence-corrected chi connectivity index (χ1v) is 8.87. The van der Waals surface area contributed by atoms with Crippen LogP contribution < -0.4 is 9.64 Å². The first kappa shape index (κ1) is 21.1. The van der Waals surface area contributed by atoms with Crippen molar-refractivity contribution in [3.05, 3.63) is 54.1 Å². The van der Waals surface area contributed by atoms with Gasteiger partial charge in [0.1, 0.15) is 17.1 Å². The van der Waals surface area contributed by atoms with E-state index in [-0.39, 0.29) is 13.3 Å². The maximum atomic E-state index is 12.8. The van der Waals surface area contributed by atoms with E-state index in [0.717, 1.165) is 12.8 Å². The summed E-state index contributed by atoms with van der Waals surface area (Å²) in [6.07, 6.45) is 4.65. The highest BCUT2D eigenvalue weighted by Crippen LogP contribution is 2.19. The Morgan fingerprint density at radius 1 is 1.14 bits per heavy atom. The molecule has 1 aromatic carbocycles. The van der Waals surface area contributed by atoms with Crippen molar-refractivity contribution in [2.45, 2.75) is 19.8 Å². The van der Waals surface area contributed by atoms with Crippen LogP contribution in [-0.4, -0.2) is 43.9 Å².